The highest BCUT2D eigenvalue weighted by molar-refractivity contribution is 7.58. The van der Waals surface area contributed by atoms with E-state index in [9.17, 15) is 5.21 Å². The van der Waals surface area contributed by atoms with Crippen molar-refractivity contribution in [2.75, 3.05) is 0 Å². The Morgan fingerprint density at radius 3 is 3.00 bits per heavy atom. The van der Waals surface area contributed by atoms with Crippen LogP contribution in [0.4, 0.5) is 5.69 Å². The molecule has 0 radical (unpaired) electrons. The zero-order valence-electron chi connectivity index (χ0n) is 6.70. The van der Waals surface area contributed by atoms with E-state index in [-0.39, 0.29) is 4.00 Å². The van der Waals surface area contributed by atoms with Crippen LogP contribution in [0.3, 0.4) is 0 Å². The average Bonchev–Trinajstić information content (AvgIpc) is 2.54. The lowest BCUT2D eigenvalue weighted by Gasteiger charge is -2.28. The van der Waals surface area contributed by atoms with Crippen LogP contribution in [0, 0.1) is 5.21 Å². The maximum atomic E-state index is 11.0. The van der Waals surface area contributed by atoms with Gasteiger partial charge in [-0.3, -0.25) is 0 Å². The van der Waals surface area contributed by atoms with Gasteiger partial charge in [-0.05, 0) is 0 Å². The number of aromatic nitrogens is 1. The lowest BCUT2D eigenvalue weighted by atomic mass is 10.4. The number of rotatable bonds is 1. The predicted octanol–water partition coefficient (Wildman–Crippen LogP) is 0.602. The molecule has 0 bridgehead atoms. The van der Waals surface area contributed by atoms with Crippen LogP contribution in [0.15, 0.2) is 41.9 Å². The molecule has 5 heteroatoms. The van der Waals surface area contributed by atoms with E-state index in [1.54, 1.807) is 30.6 Å². The molecule has 0 fully saturated rings. The fraction of sp³-hybridized carbons (Fsp3) is 0. The van der Waals surface area contributed by atoms with E-state index in [0.29, 0.717) is 10.4 Å². The Labute approximate surface area is 81.1 Å². The summed E-state index contributed by atoms with van der Waals surface area (Å²) in [5, 5.41) is 15.0. The minimum atomic E-state index is -0.108. The molecule has 66 valence electrons. The molecule has 1 unspecified atom stereocenters. The Bertz CT molecular complexity index is 377. The van der Waals surface area contributed by atoms with Crippen LogP contribution in [0.25, 0.3) is 0 Å². The van der Waals surface area contributed by atoms with Gasteiger partial charge in [-0.15, -0.1) is 0 Å². The minimum absolute atomic E-state index is 0.108. The Hall–Kier alpha value is -1.33. The van der Waals surface area contributed by atoms with Crippen LogP contribution >= 0.6 is 0 Å². The number of nitrogens with zero attached hydrogens (tertiary/aromatic N) is 3. The van der Waals surface area contributed by atoms with Gasteiger partial charge < -0.3 is 18.0 Å². The lowest BCUT2D eigenvalue weighted by molar-refractivity contribution is -0.605. The van der Waals surface area contributed by atoms with Gasteiger partial charge in [-0.1, -0.05) is 5.10 Å². The van der Waals surface area contributed by atoms with Crippen molar-refractivity contribution in [2.24, 2.45) is 5.10 Å². The average molecular weight is 193 g/mol. The van der Waals surface area contributed by atoms with Crippen LogP contribution < -0.4 is 8.73 Å². The van der Waals surface area contributed by atoms with E-state index in [2.05, 4.69) is 5.10 Å². The van der Waals surface area contributed by atoms with Gasteiger partial charge in [0.15, 0.2) is 6.20 Å². The zero-order valence-corrected chi connectivity index (χ0v) is 7.52. The Morgan fingerprint density at radius 2 is 2.38 bits per heavy atom. The first-order valence-corrected chi connectivity index (χ1v) is 4.10. The molecule has 0 aromatic carbocycles. The molecule has 0 amide bonds. The molecule has 0 spiro atoms. The molecule has 0 saturated carbocycles. The van der Waals surface area contributed by atoms with Crippen LogP contribution in [-0.2, 0) is 12.8 Å². The molecule has 0 saturated heterocycles. The van der Waals surface area contributed by atoms with Crippen LogP contribution in [0.1, 0.15) is 0 Å². The number of hydrogen-bond acceptors (Lipinski definition) is 3. The molecule has 0 N–H and O–H groups in total. The van der Waals surface area contributed by atoms with Gasteiger partial charge in [0.25, 0.3) is 0 Å². The van der Waals surface area contributed by atoms with Gasteiger partial charge in [0.2, 0.25) is 11.9 Å². The van der Waals surface area contributed by atoms with E-state index >= 15 is 0 Å². The number of hydrogen-bond donors (Lipinski definition) is 0. The summed E-state index contributed by atoms with van der Waals surface area (Å²) in [7, 11) is 0. The standard InChI is InChI=1S/C8H7N3OS/c12-10-5-1-3-8(7-10)11(13)6-2-4-9-11/h1-7H. The van der Waals surface area contributed by atoms with Gasteiger partial charge in [0.05, 0.1) is 6.21 Å². The molecule has 1 aromatic heterocycles. The van der Waals surface area contributed by atoms with Gasteiger partial charge in [0.1, 0.15) is 6.20 Å². The van der Waals surface area contributed by atoms with Crippen molar-refractivity contribution in [3.63, 3.8) is 0 Å². The van der Waals surface area contributed by atoms with Crippen molar-refractivity contribution >= 4 is 24.7 Å². The van der Waals surface area contributed by atoms with Crippen molar-refractivity contribution in [1.82, 2.24) is 4.00 Å². The van der Waals surface area contributed by atoms with Crippen molar-refractivity contribution < 1.29 is 4.73 Å². The summed E-state index contributed by atoms with van der Waals surface area (Å²) in [5.41, 5.74) is 0.664. The summed E-state index contributed by atoms with van der Waals surface area (Å²) in [5.74, 6) is 0. The maximum Gasteiger partial charge on any atom is 0.242 e. The Kier molecular flexibility index (Phi) is 1.82. The van der Waals surface area contributed by atoms with E-state index in [1.807, 2.05) is 0 Å². The smallest absolute Gasteiger partial charge is 0.242 e. The summed E-state index contributed by atoms with van der Waals surface area (Å²) >= 11 is 5.19. The third-order valence-corrected chi connectivity index (χ3v) is 2.17. The molecule has 1 atom stereocenters. The first kappa shape index (κ1) is 8.28. The molecule has 2 heterocycles. The van der Waals surface area contributed by atoms with Crippen molar-refractivity contribution in [3.05, 3.63) is 42.0 Å². The number of quaternary nitrogens is 1. The molecular weight excluding hydrogens is 186 g/mol. The Morgan fingerprint density at radius 1 is 1.54 bits per heavy atom. The van der Waals surface area contributed by atoms with E-state index in [1.165, 1.54) is 12.4 Å². The normalized spacial score (nSPS) is 25.3. The largest absolute Gasteiger partial charge is 0.619 e. The molecule has 0 aliphatic carbocycles. The zero-order chi connectivity index (χ0) is 9.31. The highest BCUT2D eigenvalue weighted by atomic mass is 32.1. The second-order valence-corrected chi connectivity index (χ2v) is 3.21. The molecule has 1 aliphatic heterocycles. The summed E-state index contributed by atoms with van der Waals surface area (Å²) in [6.45, 7) is 0. The third-order valence-electron chi connectivity index (χ3n) is 1.74. The summed E-state index contributed by atoms with van der Waals surface area (Å²) in [4.78, 5) is 0. The van der Waals surface area contributed by atoms with Crippen molar-refractivity contribution in [2.45, 2.75) is 0 Å². The number of pyridine rings is 1. The van der Waals surface area contributed by atoms with Gasteiger partial charge in [0, 0.05) is 18.2 Å². The van der Waals surface area contributed by atoms with Crippen LogP contribution in [0.2, 0.25) is 0 Å². The third kappa shape index (κ3) is 1.43. The summed E-state index contributed by atoms with van der Waals surface area (Å²) in [6.07, 6.45) is 7.93. The lowest BCUT2D eigenvalue weighted by Crippen LogP contribution is -2.33. The molecular formula is C8H7N3OS. The molecule has 2 rings (SSSR count). The quantitative estimate of drug-likeness (QED) is 0.283. The second kappa shape index (κ2) is 2.86. The van der Waals surface area contributed by atoms with Gasteiger partial charge >= 0.3 is 0 Å². The highest BCUT2D eigenvalue weighted by Gasteiger charge is 2.19. The van der Waals surface area contributed by atoms with E-state index in [0.717, 1.165) is 0 Å². The van der Waals surface area contributed by atoms with Crippen molar-refractivity contribution in [1.29, 1.82) is 0 Å². The maximum absolute atomic E-state index is 11.0. The number of allylic oxidation sites excluding steroid dienone is 1. The summed E-state index contributed by atoms with van der Waals surface area (Å²) in [6, 6.07) is 3.42. The van der Waals surface area contributed by atoms with E-state index < -0.39 is 0 Å². The highest BCUT2D eigenvalue weighted by Crippen LogP contribution is 2.22. The monoisotopic (exact) mass is 193 g/mol. The fourth-order valence-electron chi connectivity index (χ4n) is 1.12. The fourth-order valence-corrected chi connectivity index (χ4v) is 1.35. The topological polar surface area (TPSA) is 39.3 Å². The minimum Gasteiger partial charge on any atom is -0.619 e. The van der Waals surface area contributed by atoms with Crippen molar-refractivity contribution in [3.8, 4) is 0 Å². The molecule has 13 heavy (non-hydrogen) atoms. The summed E-state index contributed by atoms with van der Waals surface area (Å²) < 4.78 is 0.604. The molecule has 1 aliphatic rings. The van der Waals surface area contributed by atoms with Gasteiger partial charge in [-0.25, -0.2) is 4.00 Å². The van der Waals surface area contributed by atoms with E-state index in [4.69, 9.17) is 12.8 Å². The Balaban J connectivity index is 2.46. The van der Waals surface area contributed by atoms with Gasteiger partial charge in [-0.2, -0.15) is 4.73 Å². The molecule has 4 nitrogen and oxygen atoms in total. The SMILES string of the molecule is [O-][n+]1cccc([N+]2([S-])C=CC=N2)c1. The predicted molar refractivity (Wildman–Crippen MR) is 52.2 cm³/mol. The second-order valence-electron chi connectivity index (χ2n) is 2.65. The van der Waals surface area contributed by atoms with Crippen LogP contribution in [0.5, 0.6) is 0 Å². The van der Waals surface area contributed by atoms with Crippen LogP contribution in [-0.4, -0.2) is 6.21 Å². The first-order chi connectivity index (χ1) is 6.21. The first-order valence-electron chi connectivity index (χ1n) is 3.73. The molecule has 1 aromatic rings.